The highest BCUT2D eigenvalue weighted by Gasteiger charge is 2.22. The normalized spacial score (nSPS) is 19.3. The Labute approximate surface area is 100.0 Å². The van der Waals surface area contributed by atoms with Gasteiger partial charge in [-0.15, -0.1) is 0 Å². The summed E-state index contributed by atoms with van der Waals surface area (Å²) in [6, 6.07) is 4.67. The first-order chi connectivity index (χ1) is 8.20. The Kier molecular flexibility index (Phi) is 3.74. The zero-order valence-corrected chi connectivity index (χ0v) is 9.83. The summed E-state index contributed by atoms with van der Waals surface area (Å²) < 4.78 is 18.3. The van der Waals surface area contributed by atoms with E-state index in [4.69, 9.17) is 4.74 Å². The van der Waals surface area contributed by atoms with Crippen molar-refractivity contribution in [2.45, 2.75) is 12.8 Å². The van der Waals surface area contributed by atoms with Gasteiger partial charge in [-0.2, -0.15) is 0 Å². The molecular formula is C13H16FNO2. The van der Waals surface area contributed by atoms with Crippen LogP contribution in [0.25, 0.3) is 0 Å². The largest absolute Gasteiger partial charge is 0.494 e. The van der Waals surface area contributed by atoms with Gasteiger partial charge in [-0.05, 0) is 30.7 Å². The van der Waals surface area contributed by atoms with E-state index in [1.807, 2.05) is 0 Å². The average molecular weight is 237 g/mol. The Morgan fingerprint density at radius 1 is 1.59 bits per heavy atom. The number of hydrogen-bond donors (Lipinski definition) is 1. The highest BCUT2D eigenvalue weighted by atomic mass is 19.1. The van der Waals surface area contributed by atoms with Crippen molar-refractivity contribution < 1.29 is 13.9 Å². The fourth-order valence-electron chi connectivity index (χ4n) is 2.09. The molecule has 3 nitrogen and oxygen atoms in total. The zero-order chi connectivity index (χ0) is 12.3. The van der Waals surface area contributed by atoms with Crippen molar-refractivity contribution in [2.75, 3.05) is 20.2 Å². The Morgan fingerprint density at radius 3 is 3.00 bits per heavy atom. The van der Waals surface area contributed by atoms with E-state index in [0.717, 1.165) is 19.5 Å². The number of ketones is 1. The molecule has 0 aromatic heterocycles. The lowest BCUT2D eigenvalue weighted by atomic mass is 9.97. The number of nitrogens with one attached hydrogen (secondary N) is 1. The van der Waals surface area contributed by atoms with Crippen molar-refractivity contribution in [3.63, 3.8) is 0 Å². The molecule has 1 fully saturated rings. The summed E-state index contributed by atoms with van der Waals surface area (Å²) in [4.78, 5) is 11.9. The Balaban J connectivity index is 2.03. The topological polar surface area (TPSA) is 38.3 Å². The fourth-order valence-corrected chi connectivity index (χ4v) is 2.09. The molecular weight excluding hydrogens is 221 g/mol. The molecule has 1 heterocycles. The first kappa shape index (κ1) is 12.0. The first-order valence-corrected chi connectivity index (χ1v) is 5.76. The monoisotopic (exact) mass is 237 g/mol. The molecule has 1 aromatic carbocycles. The van der Waals surface area contributed by atoms with E-state index in [1.54, 1.807) is 12.1 Å². The van der Waals surface area contributed by atoms with Crippen LogP contribution in [0.1, 0.15) is 12.0 Å². The molecule has 1 saturated heterocycles. The summed E-state index contributed by atoms with van der Waals surface area (Å²) in [5.41, 5.74) is 0.709. The third kappa shape index (κ3) is 2.82. The minimum Gasteiger partial charge on any atom is -0.494 e. The van der Waals surface area contributed by atoms with Gasteiger partial charge in [0.2, 0.25) is 0 Å². The van der Waals surface area contributed by atoms with Gasteiger partial charge in [-0.1, -0.05) is 6.07 Å². The summed E-state index contributed by atoms with van der Waals surface area (Å²) in [6.07, 6.45) is 1.19. The number of Topliss-reactive ketones (excluding diaryl/α,β-unsaturated/α-hetero) is 1. The predicted octanol–water partition coefficient (Wildman–Crippen LogP) is 1.56. The zero-order valence-electron chi connectivity index (χ0n) is 9.83. The number of carbonyl (C=O) groups is 1. The van der Waals surface area contributed by atoms with Crippen molar-refractivity contribution in [2.24, 2.45) is 5.92 Å². The second kappa shape index (κ2) is 5.27. The molecule has 0 aliphatic carbocycles. The maximum atomic E-state index is 13.4. The van der Waals surface area contributed by atoms with Crippen LogP contribution < -0.4 is 10.1 Å². The molecule has 4 heteroatoms. The van der Waals surface area contributed by atoms with Crippen molar-refractivity contribution >= 4 is 5.78 Å². The van der Waals surface area contributed by atoms with Crippen molar-refractivity contribution in [3.8, 4) is 5.75 Å². The highest BCUT2D eigenvalue weighted by molar-refractivity contribution is 5.83. The maximum absolute atomic E-state index is 13.4. The lowest BCUT2D eigenvalue weighted by Crippen LogP contribution is -2.19. The molecule has 0 saturated carbocycles. The van der Waals surface area contributed by atoms with Gasteiger partial charge in [0, 0.05) is 18.9 Å². The molecule has 0 amide bonds. The third-order valence-electron chi connectivity index (χ3n) is 3.11. The van der Waals surface area contributed by atoms with Gasteiger partial charge in [0.15, 0.2) is 11.6 Å². The van der Waals surface area contributed by atoms with E-state index < -0.39 is 5.82 Å². The summed E-state index contributed by atoms with van der Waals surface area (Å²) in [5, 5.41) is 3.15. The van der Waals surface area contributed by atoms with Gasteiger partial charge < -0.3 is 10.1 Å². The molecule has 0 bridgehead atoms. The summed E-state index contributed by atoms with van der Waals surface area (Å²) in [7, 11) is 1.42. The van der Waals surface area contributed by atoms with Gasteiger partial charge in [0.1, 0.15) is 5.78 Å². The van der Waals surface area contributed by atoms with Crippen LogP contribution in [-0.4, -0.2) is 26.0 Å². The molecule has 17 heavy (non-hydrogen) atoms. The predicted molar refractivity (Wildman–Crippen MR) is 62.6 cm³/mol. The highest BCUT2D eigenvalue weighted by Crippen LogP contribution is 2.19. The van der Waals surface area contributed by atoms with Gasteiger partial charge in [0.25, 0.3) is 0 Å². The number of methoxy groups -OCH3 is 1. The minimum atomic E-state index is -0.414. The van der Waals surface area contributed by atoms with E-state index in [9.17, 15) is 9.18 Å². The van der Waals surface area contributed by atoms with Crippen LogP contribution in [0.15, 0.2) is 18.2 Å². The van der Waals surface area contributed by atoms with Gasteiger partial charge in [-0.25, -0.2) is 4.39 Å². The Morgan fingerprint density at radius 2 is 2.41 bits per heavy atom. The Hall–Kier alpha value is -1.42. The molecule has 0 spiro atoms. The summed E-state index contributed by atoms with van der Waals surface area (Å²) in [6.45, 7) is 1.64. The van der Waals surface area contributed by atoms with Crippen LogP contribution in [0, 0.1) is 11.7 Å². The van der Waals surface area contributed by atoms with Crippen molar-refractivity contribution in [3.05, 3.63) is 29.6 Å². The third-order valence-corrected chi connectivity index (χ3v) is 3.11. The Bertz CT molecular complexity index is 414. The summed E-state index contributed by atoms with van der Waals surface area (Å²) >= 11 is 0. The van der Waals surface area contributed by atoms with Crippen LogP contribution in [0.2, 0.25) is 0 Å². The van der Waals surface area contributed by atoms with Crippen LogP contribution in [0.5, 0.6) is 5.75 Å². The molecule has 0 radical (unpaired) electrons. The molecule has 1 aliphatic heterocycles. The molecule has 1 N–H and O–H groups in total. The molecule has 1 atom stereocenters. The quantitative estimate of drug-likeness (QED) is 0.863. The smallest absolute Gasteiger partial charge is 0.165 e. The molecule has 92 valence electrons. The van der Waals surface area contributed by atoms with Crippen LogP contribution in [0.4, 0.5) is 4.39 Å². The lowest BCUT2D eigenvalue weighted by molar-refractivity contribution is -0.121. The maximum Gasteiger partial charge on any atom is 0.165 e. The lowest BCUT2D eigenvalue weighted by Gasteiger charge is -2.08. The van der Waals surface area contributed by atoms with E-state index in [0.29, 0.717) is 12.0 Å². The van der Waals surface area contributed by atoms with E-state index in [-0.39, 0.29) is 17.5 Å². The number of rotatable bonds is 4. The van der Waals surface area contributed by atoms with Gasteiger partial charge >= 0.3 is 0 Å². The van der Waals surface area contributed by atoms with Gasteiger partial charge in [-0.3, -0.25) is 4.79 Å². The van der Waals surface area contributed by atoms with Crippen molar-refractivity contribution in [1.29, 1.82) is 0 Å². The number of carbonyl (C=O) groups excluding carboxylic acids is 1. The fraction of sp³-hybridized carbons (Fsp3) is 0.462. The number of ether oxygens (including phenoxy) is 1. The van der Waals surface area contributed by atoms with Crippen LogP contribution in [0.3, 0.4) is 0 Å². The van der Waals surface area contributed by atoms with Crippen molar-refractivity contribution in [1.82, 2.24) is 5.32 Å². The van der Waals surface area contributed by atoms with Gasteiger partial charge in [0.05, 0.1) is 7.11 Å². The average Bonchev–Trinajstić information content (AvgIpc) is 2.82. The minimum absolute atomic E-state index is 0.0835. The SMILES string of the molecule is COc1ccc(CC(=O)C2CCNC2)cc1F. The number of hydrogen-bond acceptors (Lipinski definition) is 3. The number of benzene rings is 1. The van der Waals surface area contributed by atoms with Crippen LogP contribution >= 0.6 is 0 Å². The van der Waals surface area contributed by atoms with E-state index in [1.165, 1.54) is 13.2 Å². The number of halogens is 1. The molecule has 1 aromatic rings. The molecule has 1 aliphatic rings. The second-order valence-electron chi connectivity index (χ2n) is 4.30. The first-order valence-electron chi connectivity index (χ1n) is 5.76. The second-order valence-corrected chi connectivity index (χ2v) is 4.30. The van der Waals surface area contributed by atoms with E-state index >= 15 is 0 Å². The molecule has 1 unspecified atom stereocenters. The van der Waals surface area contributed by atoms with E-state index in [2.05, 4.69) is 5.32 Å². The molecule has 2 rings (SSSR count). The van der Waals surface area contributed by atoms with Crippen LogP contribution in [-0.2, 0) is 11.2 Å². The summed E-state index contributed by atoms with van der Waals surface area (Å²) in [5.74, 6) is 0.0609. The standard InChI is InChI=1S/C13H16FNO2/c1-17-13-3-2-9(6-11(13)14)7-12(16)10-4-5-15-8-10/h2-3,6,10,15H,4-5,7-8H2,1H3.